The number of nitrogens with one attached hydrogen (secondary N) is 1. The van der Waals surface area contributed by atoms with E-state index in [1.165, 1.54) is 0 Å². The lowest BCUT2D eigenvalue weighted by molar-refractivity contribution is -0.144. The van der Waals surface area contributed by atoms with Gasteiger partial charge >= 0.3 is 5.97 Å². The SMILES string of the molecule is COc1ccc2sc(CNC(C)(C(=O)O)c3ccccc3)nc2c1. The van der Waals surface area contributed by atoms with Crippen molar-refractivity contribution in [3.05, 3.63) is 59.1 Å². The predicted molar refractivity (Wildman–Crippen MR) is 94.4 cm³/mol. The van der Waals surface area contributed by atoms with Gasteiger partial charge in [0.15, 0.2) is 0 Å². The topological polar surface area (TPSA) is 71.5 Å². The van der Waals surface area contributed by atoms with E-state index in [2.05, 4.69) is 10.3 Å². The fraction of sp³-hybridized carbons (Fsp3) is 0.222. The van der Waals surface area contributed by atoms with E-state index in [1.54, 1.807) is 25.4 Å². The Hall–Kier alpha value is -2.44. The molecule has 0 saturated heterocycles. The van der Waals surface area contributed by atoms with Crippen LogP contribution < -0.4 is 10.1 Å². The summed E-state index contributed by atoms with van der Waals surface area (Å²) in [6.45, 7) is 2.04. The van der Waals surface area contributed by atoms with Gasteiger partial charge in [0.1, 0.15) is 16.3 Å². The average molecular weight is 342 g/mol. The average Bonchev–Trinajstić information content (AvgIpc) is 3.02. The number of fused-ring (bicyclic) bond motifs is 1. The first-order chi connectivity index (χ1) is 11.5. The summed E-state index contributed by atoms with van der Waals surface area (Å²) in [7, 11) is 1.62. The number of thiazole rings is 1. The highest BCUT2D eigenvalue weighted by Crippen LogP contribution is 2.27. The number of hydrogen-bond donors (Lipinski definition) is 2. The minimum Gasteiger partial charge on any atom is -0.497 e. The number of aliphatic carboxylic acids is 1. The first kappa shape index (κ1) is 16.4. The Morgan fingerprint density at radius 3 is 2.71 bits per heavy atom. The molecule has 0 amide bonds. The second-order valence-corrected chi connectivity index (χ2v) is 6.71. The molecule has 1 heterocycles. The van der Waals surface area contributed by atoms with Crippen molar-refractivity contribution >= 4 is 27.5 Å². The van der Waals surface area contributed by atoms with E-state index in [1.807, 2.05) is 48.5 Å². The van der Waals surface area contributed by atoms with E-state index in [0.29, 0.717) is 12.1 Å². The fourth-order valence-electron chi connectivity index (χ4n) is 2.48. The molecule has 0 aliphatic rings. The zero-order chi connectivity index (χ0) is 17.2. The Morgan fingerprint density at radius 2 is 2.04 bits per heavy atom. The van der Waals surface area contributed by atoms with Crippen molar-refractivity contribution in [1.29, 1.82) is 0 Å². The lowest BCUT2D eigenvalue weighted by atomic mass is 9.92. The first-order valence-corrected chi connectivity index (χ1v) is 8.32. The molecule has 1 unspecified atom stereocenters. The number of benzene rings is 2. The van der Waals surface area contributed by atoms with Gasteiger partial charge in [0, 0.05) is 12.6 Å². The third kappa shape index (κ3) is 3.11. The van der Waals surface area contributed by atoms with E-state index < -0.39 is 11.5 Å². The van der Waals surface area contributed by atoms with Crippen LogP contribution in [0.4, 0.5) is 0 Å². The maximum absolute atomic E-state index is 11.8. The van der Waals surface area contributed by atoms with Crippen molar-refractivity contribution in [3.63, 3.8) is 0 Å². The number of methoxy groups -OCH3 is 1. The summed E-state index contributed by atoms with van der Waals surface area (Å²) in [5.41, 5.74) is 0.393. The van der Waals surface area contributed by atoms with Crippen LogP contribution in [0.15, 0.2) is 48.5 Å². The zero-order valence-corrected chi connectivity index (χ0v) is 14.3. The van der Waals surface area contributed by atoms with Crippen molar-refractivity contribution in [2.24, 2.45) is 0 Å². The third-order valence-corrected chi connectivity index (χ3v) is 5.05. The molecule has 3 rings (SSSR count). The van der Waals surface area contributed by atoms with Gasteiger partial charge in [0.25, 0.3) is 0 Å². The number of aromatic nitrogens is 1. The number of carbonyl (C=O) groups is 1. The molecule has 2 N–H and O–H groups in total. The molecule has 1 atom stereocenters. The normalized spacial score (nSPS) is 13.6. The van der Waals surface area contributed by atoms with Crippen LogP contribution in [0.5, 0.6) is 5.75 Å². The molecule has 0 aliphatic heterocycles. The molecule has 5 nitrogen and oxygen atoms in total. The van der Waals surface area contributed by atoms with E-state index in [4.69, 9.17) is 4.74 Å². The highest BCUT2D eigenvalue weighted by Gasteiger charge is 2.34. The molecule has 0 saturated carbocycles. The second kappa shape index (κ2) is 6.59. The largest absolute Gasteiger partial charge is 0.497 e. The number of hydrogen-bond acceptors (Lipinski definition) is 5. The number of rotatable bonds is 6. The maximum atomic E-state index is 11.8. The molecular formula is C18H18N2O3S. The van der Waals surface area contributed by atoms with Crippen LogP contribution in [0.3, 0.4) is 0 Å². The van der Waals surface area contributed by atoms with Gasteiger partial charge in [-0.1, -0.05) is 30.3 Å². The van der Waals surface area contributed by atoms with Crippen molar-refractivity contribution < 1.29 is 14.6 Å². The van der Waals surface area contributed by atoms with Gasteiger partial charge in [0.05, 0.1) is 17.3 Å². The predicted octanol–water partition coefficient (Wildman–Crippen LogP) is 3.39. The van der Waals surface area contributed by atoms with Crippen molar-refractivity contribution in [1.82, 2.24) is 10.3 Å². The Kier molecular flexibility index (Phi) is 4.51. The standard InChI is InChI=1S/C18H18N2O3S/c1-18(17(21)22,12-6-4-3-5-7-12)19-11-16-20-14-10-13(23-2)8-9-15(14)24-16/h3-10,19H,11H2,1-2H3,(H,21,22). The van der Waals surface area contributed by atoms with Crippen molar-refractivity contribution in [2.75, 3.05) is 7.11 Å². The van der Waals surface area contributed by atoms with Gasteiger partial charge in [-0.3, -0.25) is 5.32 Å². The highest BCUT2D eigenvalue weighted by molar-refractivity contribution is 7.18. The quantitative estimate of drug-likeness (QED) is 0.718. The van der Waals surface area contributed by atoms with Crippen LogP contribution >= 0.6 is 11.3 Å². The summed E-state index contributed by atoms with van der Waals surface area (Å²) < 4.78 is 6.25. The summed E-state index contributed by atoms with van der Waals surface area (Å²) in [5.74, 6) is -0.163. The minimum atomic E-state index is -1.17. The Labute approximate surface area is 143 Å². The van der Waals surface area contributed by atoms with Gasteiger partial charge in [-0.25, -0.2) is 9.78 Å². The van der Waals surface area contributed by atoms with Crippen LogP contribution in [0.2, 0.25) is 0 Å². The smallest absolute Gasteiger partial charge is 0.328 e. The molecule has 2 aromatic carbocycles. The monoisotopic (exact) mass is 342 g/mol. The fourth-order valence-corrected chi connectivity index (χ4v) is 3.37. The third-order valence-electron chi connectivity index (χ3n) is 4.01. The zero-order valence-electron chi connectivity index (χ0n) is 13.4. The molecule has 0 radical (unpaired) electrons. The Bertz CT molecular complexity index is 863. The summed E-state index contributed by atoms with van der Waals surface area (Å²) in [6, 6.07) is 14.9. The first-order valence-electron chi connectivity index (χ1n) is 7.50. The van der Waals surface area contributed by atoms with E-state index in [9.17, 15) is 9.90 Å². The van der Waals surface area contributed by atoms with E-state index in [-0.39, 0.29) is 0 Å². The van der Waals surface area contributed by atoms with Crippen LogP contribution in [0, 0.1) is 0 Å². The number of nitrogens with zero attached hydrogens (tertiary/aromatic N) is 1. The second-order valence-electron chi connectivity index (χ2n) is 5.59. The molecule has 1 aromatic heterocycles. The van der Waals surface area contributed by atoms with Gasteiger partial charge in [-0.2, -0.15) is 0 Å². The Balaban J connectivity index is 1.84. The number of carboxylic acid groups (broad SMARTS) is 1. The van der Waals surface area contributed by atoms with E-state index in [0.717, 1.165) is 21.0 Å². The van der Waals surface area contributed by atoms with Gasteiger partial charge in [-0.05, 0) is 24.6 Å². The van der Waals surface area contributed by atoms with Crippen molar-refractivity contribution in [3.8, 4) is 5.75 Å². The molecule has 3 aromatic rings. The number of carboxylic acids is 1. The lowest BCUT2D eigenvalue weighted by Gasteiger charge is -2.26. The van der Waals surface area contributed by atoms with E-state index >= 15 is 0 Å². The lowest BCUT2D eigenvalue weighted by Crippen LogP contribution is -2.46. The minimum absolute atomic E-state index is 0.374. The molecule has 0 spiro atoms. The van der Waals surface area contributed by atoms with Crippen molar-refractivity contribution in [2.45, 2.75) is 19.0 Å². The molecule has 0 bridgehead atoms. The summed E-state index contributed by atoms with van der Waals surface area (Å²) in [6.07, 6.45) is 0. The van der Waals surface area contributed by atoms with Gasteiger partial charge in [-0.15, -0.1) is 11.3 Å². The van der Waals surface area contributed by atoms with Crippen LogP contribution in [0.25, 0.3) is 10.2 Å². The van der Waals surface area contributed by atoms with Crippen LogP contribution in [0.1, 0.15) is 17.5 Å². The molecule has 0 aliphatic carbocycles. The van der Waals surface area contributed by atoms with Gasteiger partial charge in [0.2, 0.25) is 0 Å². The molecular weight excluding hydrogens is 324 g/mol. The van der Waals surface area contributed by atoms with Gasteiger partial charge < -0.3 is 9.84 Å². The summed E-state index contributed by atoms with van der Waals surface area (Å²) >= 11 is 1.54. The van der Waals surface area contributed by atoms with Crippen LogP contribution in [-0.2, 0) is 16.9 Å². The summed E-state index contributed by atoms with van der Waals surface area (Å²) in [4.78, 5) is 16.4. The summed E-state index contributed by atoms with van der Waals surface area (Å²) in [5, 5.41) is 13.6. The molecule has 6 heteroatoms. The highest BCUT2D eigenvalue weighted by atomic mass is 32.1. The maximum Gasteiger partial charge on any atom is 0.328 e. The Morgan fingerprint density at radius 1 is 1.29 bits per heavy atom. The number of ether oxygens (including phenoxy) is 1. The molecule has 0 fully saturated rings. The van der Waals surface area contributed by atoms with Crippen LogP contribution in [-0.4, -0.2) is 23.2 Å². The molecule has 24 heavy (non-hydrogen) atoms. The molecule has 124 valence electrons.